The first-order valence-corrected chi connectivity index (χ1v) is 4.82. The fourth-order valence-corrected chi connectivity index (χ4v) is 1.07. The summed E-state index contributed by atoms with van der Waals surface area (Å²) < 4.78 is 10.4. The van der Waals surface area contributed by atoms with Gasteiger partial charge in [-0.2, -0.15) is 0 Å². The Morgan fingerprint density at radius 3 is 2.71 bits per heavy atom. The summed E-state index contributed by atoms with van der Waals surface area (Å²) in [6.45, 7) is 4.76. The normalized spacial score (nSPS) is 21.4. The molecule has 1 heterocycles. The quantitative estimate of drug-likeness (QED) is 0.401. The number of allylic oxidation sites excluding steroid dienone is 1. The molecule has 0 aromatic heterocycles. The molecule has 0 radical (unpaired) electrons. The highest BCUT2D eigenvalue weighted by Gasteiger charge is 2.24. The zero-order chi connectivity index (χ0) is 10.6. The lowest BCUT2D eigenvalue weighted by atomic mass is 10.2. The van der Waals surface area contributed by atoms with Crippen LogP contribution in [0.1, 0.15) is 26.7 Å². The van der Waals surface area contributed by atoms with Crippen LogP contribution >= 0.6 is 0 Å². The molecular formula is C10H16O4. The van der Waals surface area contributed by atoms with E-state index in [0.717, 1.165) is 13.0 Å². The Bertz CT molecular complexity index is 241. The topological polar surface area (TPSA) is 59.1 Å². The molecule has 0 aromatic carbocycles. The number of hydrogen-bond donors (Lipinski definition) is 1. The van der Waals surface area contributed by atoms with Gasteiger partial charge in [0.1, 0.15) is 18.5 Å². The average molecular weight is 200 g/mol. The molecule has 1 atom stereocenters. The Kier molecular flexibility index (Phi) is 3.95. The van der Waals surface area contributed by atoms with Crippen molar-refractivity contribution in [3.8, 4) is 0 Å². The van der Waals surface area contributed by atoms with E-state index in [1.165, 1.54) is 0 Å². The lowest BCUT2D eigenvalue weighted by Crippen LogP contribution is -2.07. The van der Waals surface area contributed by atoms with Crippen molar-refractivity contribution in [2.45, 2.75) is 32.8 Å². The molecule has 1 aliphatic rings. The van der Waals surface area contributed by atoms with E-state index in [4.69, 9.17) is 14.6 Å². The van der Waals surface area contributed by atoms with Crippen LogP contribution in [0.3, 0.4) is 0 Å². The minimum atomic E-state index is -0.912. The SMILES string of the molecule is CCCC(OCC1CO1)=C(C)C(=O)O. The molecule has 0 aliphatic carbocycles. The Morgan fingerprint density at radius 1 is 1.64 bits per heavy atom. The van der Waals surface area contributed by atoms with Gasteiger partial charge in [0.05, 0.1) is 12.2 Å². The second-order valence-corrected chi connectivity index (χ2v) is 3.37. The van der Waals surface area contributed by atoms with Gasteiger partial charge in [-0.3, -0.25) is 0 Å². The largest absolute Gasteiger partial charge is 0.495 e. The van der Waals surface area contributed by atoms with Crippen LogP contribution in [0.25, 0.3) is 0 Å². The smallest absolute Gasteiger partial charge is 0.334 e. The van der Waals surface area contributed by atoms with E-state index < -0.39 is 5.97 Å². The molecule has 1 saturated heterocycles. The molecule has 1 N–H and O–H groups in total. The summed E-state index contributed by atoms with van der Waals surface area (Å²) in [6.07, 6.45) is 1.72. The molecule has 0 spiro atoms. The van der Waals surface area contributed by atoms with Crippen LogP contribution < -0.4 is 0 Å². The molecule has 1 aliphatic heterocycles. The molecule has 0 aromatic rings. The predicted octanol–water partition coefficient (Wildman–Crippen LogP) is 1.56. The maximum atomic E-state index is 10.7. The van der Waals surface area contributed by atoms with E-state index in [2.05, 4.69) is 0 Å². The number of rotatable bonds is 6. The van der Waals surface area contributed by atoms with Crippen molar-refractivity contribution in [3.63, 3.8) is 0 Å². The summed E-state index contributed by atoms with van der Waals surface area (Å²) >= 11 is 0. The van der Waals surface area contributed by atoms with E-state index in [1.54, 1.807) is 6.92 Å². The van der Waals surface area contributed by atoms with Crippen molar-refractivity contribution in [2.75, 3.05) is 13.2 Å². The Hall–Kier alpha value is -1.03. The Labute approximate surface area is 83.5 Å². The minimum absolute atomic E-state index is 0.170. The highest BCUT2D eigenvalue weighted by molar-refractivity contribution is 5.86. The number of carbonyl (C=O) groups is 1. The van der Waals surface area contributed by atoms with Crippen molar-refractivity contribution in [1.29, 1.82) is 0 Å². The highest BCUT2D eigenvalue weighted by atomic mass is 16.6. The van der Waals surface area contributed by atoms with Crippen LogP contribution in [0.2, 0.25) is 0 Å². The summed E-state index contributed by atoms with van der Waals surface area (Å²) in [4.78, 5) is 10.7. The molecule has 0 saturated carbocycles. The van der Waals surface area contributed by atoms with Crippen LogP contribution in [0.15, 0.2) is 11.3 Å². The van der Waals surface area contributed by atoms with Crippen molar-refractivity contribution < 1.29 is 19.4 Å². The first-order chi connectivity index (χ1) is 6.65. The molecule has 1 rings (SSSR count). The zero-order valence-electron chi connectivity index (χ0n) is 8.58. The van der Waals surface area contributed by atoms with Crippen LogP contribution in [0.4, 0.5) is 0 Å². The number of hydrogen-bond acceptors (Lipinski definition) is 3. The summed E-state index contributed by atoms with van der Waals surface area (Å²) in [5, 5.41) is 8.79. The third-order valence-electron chi connectivity index (χ3n) is 2.06. The van der Waals surface area contributed by atoms with E-state index in [0.29, 0.717) is 24.4 Å². The van der Waals surface area contributed by atoms with Gasteiger partial charge in [0.15, 0.2) is 0 Å². The van der Waals surface area contributed by atoms with Gasteiger partial charge < -0.3 is 14.6 Å². The molecular weight excluding hydrogens is 184 g/mol. The fraction of sp³-hybridized carbons (Fsp3) is 0.700. The zero-order valence-corrected chi connectivity index (χ0v) is 8.58. The highest BCUT2D eigenvalue weighted by Crippen LogP contribution is 2.17. The summed E-state index contributed by atoms with van der Waals surface area (Å²) in [5.74, 6) is -0.333. The van der Waals surface area contributed by atoms with Gasteiger partial charge in [0.2, 0.25) is 0 Å². The molecule has 14 heavy (non-hydrogen) atoms. The second kappa shape index (κ2) is 5.00. The predicted molar refractivity (Wildman–Crippen MR) is 50.9 cm³/mol. The molecule has 1 unspecified atom stereocenters. The number of carboxylic acid groups (broad SMARTS) is 1. The van der Waals surface area contributed by atoms with Gasteiger partial charge in [0.25, 0.3) is 0 Å². The summed E-state index contributed by atoms with van der Waals surface area (Å²) in [7, 11) is 0. The standard InChI is InChI=1S/C10H16O4/c1-3-4-9(7(2)10(11)12)14-6-8-5-13-8/h8H,3-6H2,1-2H3,(H,11,12). The van der Waals surface area contributed by atoms with Gasteiger partial charge in [0, 0.05) is 6.42 Å². The van der Waals surface area contributed by atoms with Crippen LogP contribution in [0, 0.1) is 0 Å². The second-order valence-electron chi connectivity index (χ2n) is 3.37. The third kappa shape index (κ3) is 3.38. The lowest BCUT2D eigenvalue weighted by molar-refractivity contribution is -0.132. The first-order valence-electron chi connectivity index (χ1n) is 4.82. The van der Waals surface area contributed by atoms with E-state index in [-0.39, 0.29) is 6.10 Å². The number of ether oxygens (including phenoxy) is 2. The number of epoxide rings is 1. The Morgan fingerprint density at radius 2 is 2.29 bits per heavy atom. The molecule has 0 amide bonds. The minimum Gasteiger partial charge on any atom is -0.495 e. The summed E-state index contributed by atoms with van der Waals surface area (Å²) in [6, 6.07) is 0. The maximum Gasteiger partial charge on any atom is 0.334 e. The van der Waals surface area contributed by atoms with Gasteiger partial charge in [-0.15, -0.1) is 0 Å². The van der Waals surface area contributed by atoms with E-state index >= 15 is 0 Å². The number of aliphatic carboxylic acids is 1. The van der Waals surface area contributed by atoms with Crippen LogP contribution in [0.5, 0.6) is 0 Å². The molecule has 80 valence electrons. The van der Waals surface area contributed by atoms with Crippen molar-refractivity contribution in [3.05, 3.63) is 11.3 Å². The molecule has 0 bridgehead atoms. The molecule has 1 fully saturated rings. The van der Waals surface area contributed by atoms with E-state index in [9.17, 15) is 4.79 Å². The van der Waals surface area contributed by atoms with Crippen molar-refractivity contribution in [1.82, 2.24) is 0 Å². The van der Waals surface area contributed by atoms with Crippen molar-refractivity contribution in [2.24, 2.45) is 0 Å². The van der Waals surface area contributed by atoms with Gasteiger partial charge in [-0.25, -0.2) is 4.79 Å². The Balaban J connectivity index is 2.50. The van der Waals surface area contributed by atoms with Gasteiger partial charge in [-0.05, 0) is 13.3 Å². The van der Waals surface area contributed by atoms with Crippen molar-refractivity contribution >= 4 is 5.97 Å². The third-order valence-corrected chi connectivity index (χ3v) is 2.06. The average Bonchev–Trinajstić information content (AvgIpc) is 2.94. The van der Waals surface area contributed by atoms with Crippen LogP contribution in [-0.4, -0.2) is 30.4 Å². The first kappa shape index (κ1) is 11.0. The fourth-order valence-electron chi connectivity index (χ4n) is 1.07. The molecule has 4 nitrogen and oxygen atoms in total. The summed E-state index contributed by atoms with van der Waals surface area (Å²) in [5.41, 5.74) is 0.299. The van der Waals surface area contributed by atoms with E-state index in [1.807, 2.05) is 6.92 Å². The van der Waals surface area contributed by atoms with Gasteiger partial charge >= 0.3 is 5.97 Å². The van der Waals surface area contributed by atoms with Crippen LogP contribution in [-0.2, 0) is 14.3 Å². The maximum absolute atomic E-state index is 10.7. The monoisotopic (exact) mass is 200 g/mol. The van der Waals surface area contributed by atoms with Gasteiger partial charge in [-0.1, -0.05) is 6.92 Å². The number of carboxylic acids is 1. The molecule has 4 heteroatoms. The lowest BCUT2D eigenvalue weighted by Gasteiger charge is -2.10.